The third-order valence-corrected chi connectivity index (χ3v) is 6.22. The predicted octanol–water partition coefficient (Wildman–Crippen LogP) is 4.83. The van der Waals surface area contributed by atoms with Crippen molar-refractivity contribution < 1.29 is 14.0 Å². The number of rotatable bonds is 4. The highest BCUT2D eigenvalue weighted by molar-refractivity contribution is 7.99. The van der Waals surface area contributed by atoms with Crippen molar-refractivity contribution in [1.29, 1.82) is 0 Å². The van der Waals surface area contributed by atoms with Crippen molar-refractivity contribution in [2.75, 3.05) is 18.8 Å². The minimum atomic E-state index is -0.123. The summed E-state index contributed by atoms with van der Waals surface area (Å²) >= 11 is 1.81. The van der Waals surface area contributed by atoms with Gasteiger partial charge in [-0.3, -0.25) is 9.59 Å². The quantitative estimate of drug-likeness (QED) is 0.598. The summed E-state index contributed by atoms with van der Waals surface area (Å²) in [6, 6.07) is 20.1. The number of thioether (sulfide) groups is 1. The van der Waals surface area contributed by atoms with Crippen LogP contribution in [0.2, 0.25) is 0 Å². The number of nitrogens with zero attached hydrogens (tertiary/aromatic N) is 1. The van der Waals surface area contributed by atoms with Gasteiger partial charge in [0.25, 0.3) is 5.91 Å². The summed E-state index contributed by atoms with van der Waals surface area (Å²) < 4.78 is 5.54. The van der Waals surface area contributed by atoms with Gasteiger partial charge in [0.05, 0.1) is 17.1 Å². The fourth-order valence-electron chi connectivity index (χ4n) is 3.46. The van der Waals surface area contributed by atoms with Crippen LogP contribution in [-0.4, -0.2) is 35.4 Å². The lowest BCUT2D eigenvalue weighted by atomic mass is 9.97. The van der Waals surface area contributed by atoms with E-state index in [4.69, 9.17) is 4.42 Å². The van der Waals surface area contributed by atoms with E-state index in [2.05, 4.69) is 0 Å². The molecule has 0 spiro atoms. The maximum Gasteiger partial charge on any atom is 0.254 e. The summed E-state index contributed by atoms with van der Waals surface area (Å²) in [5, 5.41) is 0.258. The van der Waals surface area contributed by atoms with Gasteiger partial charge in [0.1, 0.15) is 5.76 Å². The van der Waals surface area contributed by atoms with Crippen LogP contribution in [0, 0.1) is 0 Å². The molecule has 1 aromatic heterocycles. The average Bonchev–Trinajstić information content (AvgIpc) is 3.18. The fraction of sp³-hybridized carbons (Fsp3) is 0.217. The van der Waals surface area contributed by atoms with E-state index in [0.717, 1.165) is 17.9 Å². The lowest BCUT2D eigenvalue weighted by Crippen LogP contribution is -2.34. The molecule has 1 amide bonds. The monoisotopic (exact) mass is 391 g/mol. The number of ketones is 1. The Kier molecular flexibility index (Phi) is 5.63. The molecule has 3 aromatic rings. The van der Waals surface area contributed by atoms with Crippen molar-refractivity contribution in [1.82, 2.24) is 4.90 Å². The summed E-state index contributed by atoms with van der Waals surface area (Å²) in [6.07, 6.45) is 2.52. The summed E-state index contributed by atoms with van der Waals surface area (Å²) in [6.45, 7) is 1.31. The molecule has 4 rings (SSSR count). The van der Waals surface area contributed by atoms with Gasteiger partial charge in [-0.2, -0.15) is 0 Å². The van der Waals surface area contributed by atoms with Gasteiger partial charge >= 0.3 is 0 Å². The second kappa shape index (κ2) is 8.48. The highest BCUT2D eigenvalue weighted by Gasteiger charge is 2.26. The maximum absolute atomic E-state index is 13.2. The van der Waals surface area contributed by atoms with Crippen LogP contribution in [0.4, 0.5) is 0 Å². The summed E-state index contributed by atoms with van der Waals surface area (Å²) in [5.41, 5.74) is 1.52. The van der Waals surface area contributed by atoms with Crippen molar-refractivity contribution in [3.05, 3.63) is 95.4 Å². The number of hydrogen-bond donors (Lipinski definition) is 0. The van der Waals surface area contributed by atoms with Crippen LogP contribution in [0.3, 0.4) is 0 Å². The molecular formula is C23H21NO3S. The van der Waals surface area contributed by atoms with E-state index in [1.165, 1.54) is 0 Å². The number of carbonyl (C=O) groups excluding carboxylic acids is 2. The van der Waals surface area contributed by atoms with Gasteiger partial charge in [0.15, 0.2) is 5.78 Å². The molecule has 142 valence electrons. The smallest absolute Gasteiger partial charge is 0.254 e. The molecule has 0 saturated carbocycles. The normalized spacial score (nSPS) is 17.1. The largest absolute Gasteiger partial charge is 0.468 e. The van der Waals surface area contributed by atoms with E-state index in [1.54, 1.807) is 36.6 Å². The molecule has 2 aromatic carbocycles. The molecule has 0 bridgehead atoms. The number of amides is 1. The van der Waals surface area contributed by atoms with Gasteiger partial charge in [0, 0.05) is 30.0 Å². The molecule has 1 saturated heterocycles. The molecule has 0 radical (unpaired) electrons. The Morgan fingerprint density at radius 3 is 2.39 bits per heavy atom. The zero-order valence-corrected chi connectivity index (χ0v) is 16.2. The zero-order chi connectivity index (χ0) is 19.3. The van der Waals surface area contributed by atoms with E-state index in [0.29, 0.717) is 29.8 Å². The molecule has 1 unspecified atom stereocenters. The number of hydrogen-bond acceptors (Lipinski definition) is 4. The van der Waals surface area contributed by atoms with Crippen molar-refractivity contribution in [2.45, 2.75) is 11.7 Å². The molecule has 2 heterocycles. The second-order valence-corrected chi connectivity index (χ2v) is 8.01. The first kappa shape index (κ1) is 18.6. The minimum Gasteiger partial charge on any atom is -0.468 e. The molecule has 0 aliphatic carbocycles. The van der Waals surface area contributed by atoms with E-state index in [9.17, 15) is 9.59 Å². The Morgan fingerprint density at radius 1 is 0.893 bits per heavy atom. The molecule has 1 fully saturated rings. The van der Waals surface area contributed by atoms with Crippen molar-refractivity contribution in [3.8, 4) is 0 Å². The van der Waals surface area contributed by atoms with E-state index in [1.807, 2.05) is 53.1 Å². The van der Waals surface area contributed by atoms with Crippen LogP contribution in [0.25, 0.3) is 0 Å². The number of furan rings is 1. The molecular weight excluding hydrogens is 370 g/mol. The maximum atomic E-state index is 13.2. The van der Waals surface area contributed by atoms with Crippen LogP contribution < -0.4 is 0 Å². The molecule has 1 aliphatic heterocycles. The van der Waals surface area contributed by atoms with Crippen LogP contribution in [0.15, 0.2) is 77.4 Å². The Balaban J connectivity index is 1.55. The molecule has 28 heavy (non-hydrogen) atoms. The number of carbonyl (C=O) groups is 2. The molecule has 4 nitrogen and oxygen atoms in total. The third kappa shape index (κ3) is 3.90. The van der Waals surface area contributed by atoms with E-state index < -0.39 is 0 Å². The van der Waals surface area contributed by atoms with Gasteiger partial charge in [-0.25, -0.2) is 0 Å². The van der Waals surface area contributed by atoms with Crippen LogP contribution in [0.1, 0.15) is 43.7 Å². The molecule has 0 N–H and O–H groups in total. The molecule has 1 aliphatic rings. The first-order valence-corrected chi connectivity index (χ1v) is 10.4. The van der Waals surface area contributed by atoms with Gasteiger partial charge in [0.2, 0.25) is 0 Å². The highest BCUT2D eigenvalue weighted by Crippen LogP contribution is 2.35. The summed E-state index contributed by atoms with van der Waals surface area (Å²) in [4.78, 5) is 28.0. The zero-order valence-electron chi connectivity index (χ0n) is 15.4. The lowest BCUT2D eigenvalue weighted by molar-refractivity contribution is 0.0761. The van der Waals surface area contributed by atoms with Gasteiger partial charge < -0.3 is 9.32 Å². The third-order valence-electron chi connectivity index (χ3n) is 4.93. The Hall–Kier alpha value is -2.79. The molecule has 5 heteroatoms. The summed E-state index contributed by atoms with van der Waals surface area (Å²) in [7, 11) is 0. The minimum absolute atomic E-state index is 0.0828. The Labute approximate surface area is 168 Å². The van der Waals surface area contributed by atoms with Crippen LogP contribution >= 0.6 is 11.8 Å². The second-order valence-electron chi connectivity index (χ2n) is 6.70. The first-order chi connectivity index (χ1) is 13.7. The van der Waals surface area contributed by atoms with Crippen molar-refractivity contribution in [3.63, 3.8) is 0 Å². The lowest BCUT2D eigenvalue weighted by Gasteiger charge is -2.21. The SMILES string of the molecule is O=C(c1ccccc1)c1ccccc1C(=O)N1CCSC(c2ccco2)CC1. The Morgan fingerprint density at radius 2 is 1.64 bits per heavy atom. The Bertz CT molecular complexity index is 953. The van der Waals surface area contributed by atoms with Crippen molar-refractivity contribution in [2.24, 2.45) is 0 Å². The van der Waals surface area contributed by atoms with E-state index in [-0.39, 0.29) is 16.9 Å². The van der Waals surface area contributed by atoms with Gasteiger partial charge in [-0.1, -0.05) is 48.5 Å². The first-order valence-electron chi connectivity index (χ1n) is 9.37. The summed E-state index contributed by atoms with van der Waals surface area (Å²) in [5.74, 6) is 1.59. The topological polar surface area (TPSA) is 50.5 Å². The van der Waals surface area contributed by atoms with Crippen molar-refractivity contribution >= 4 is 23.5 Å². The average molecular weight is 391 g/mol. The van der Waals surface area contributed by atoms with Gasteiger partial charge in [-0.15, -0.1) is 11.8 Å². The number of benzene rings is 2. The van der Waals surface area contributed by atoms with Crippen LogP contribution in [-0.2, 0) is 0 Å². The van der Waals surface area contributed by atoms with Gasteiger partial charge in [-0.05, 0) is 24.6 Å². The fourth-order valence-corrected chi connectivity index (χ4v) is 4.64. The standard InChI is InChI=1S/C23H21NO3S/c25-22(17-7-2-1-3-8-17)18-9-4-5-10-19(18)23(26)24-13-12-21(28-16-14-24)20-11-6-15-27-20/h1-11,15,21H,12-14,16H2. The predicted molar refractivity (Wildman–Crippen MR) is 111 cm³/mol. The van der Waals surface area contributed by atoms with E-state index >= 15 is 0 Å². The van der Waals surface area contributed by atoms with Crippen LogP contribution in [0.5, 0.6) is 0 Å². The molecule has 1 atom stereocenters. The highest BCUT2D eigenvalue weighted by atomic mass is 32.2.